The van der Waals surface area contributed by atoms with Gasteiger partial charge in [0.2, 0.25) is 5.90 Å². The molecule has 13 heavy (non-hydrogen) atoms. The second kappa shape index (κ2) is 3.09. The lowest BCUT2D eigenvalue weighted by atomic mass is 10.2. The van der Waals surface area contributed by atoms with E-state index in [9.17, 15) is 0 Å². The highest BCUT2D eigenvalue weighted by molar-refractivity contribution is 5.99. The fourth-order valence-electron chi connectivity index (χ4n) is 1.31. The quantitative estimate of drug-likeness (QED) is 0.658. The number of para-hydroxylation sites is 1. The first-order valence-electron chi connectivity index (χ1n) is 4.33. The second-order valence-corrected chi connectivity index (χ2v) is 3.18. The maximum Gasteiger partial charge on any atom is 0.218 e. The molecule has 0 aromatic heterocycles. The molecule has 0 bridgehead atoms. The fourth-order valence-corrected chi connectivity index (χ4v) is 1.31. The van der Waals surface area contributed by atoms with E-state index in [0.717, 1.165) is 11.3 Å². The van der Waals surface area contributed by atoms with E-state index in [1.54, 1.807) is 0 Å². The van der Waals surface area contributed by atoms with Crippen LogP contribution in [-0.4, -0.2) is 18.5 Å². The maximum atomic E-state index is 5.78. The van der Waals surface area contributed by atoms with Gasteiger partial charge in [-0.2, -0.15) is 0 Å². The highest BCUT2D eigenvalue weighted by Gasteiger charge is 2.17. The van der Waals surface area contributed by atoms with Gasteiger partial charge in [-0.25, -0.2) is 4.99 Å². The summed E-state index contributed by atoms with van der Waals surface area (Å²) in [6, 6.07) is 7.85. The third kappa shape index (κ3) is 1.49. The maximum absolute atomic E-state index is 5.78. The molecule has 1 aliphatic heterocycles. The van der Waals surface area contributed by atoms with Crippen LogP contribution in [0.3, 0.4) is 0 Å². The van der Waals surface area contributed by atoms with Crippen LogP contribution in [0.1, 0.15) is 12.5 Å². The van der Waals surface area contributed by atoms with Crippen LogP contribution >= 0.6 is 0 Å². The van der Waals surface area contributed by atoms with E-state index < -0.39 is 0 Å². The van der Waals surface area contributed by atoms with Crippen molar-refractivity contribution in [1.29, 1.82) is 0 Å². The number of ether oxygens (including phenoxy) is 1. The Bertz CT molecular complexity index is 347. The van der Waals surface area contributed by atoms with Gasteiger partial charge in [0, 0.05) is 5.69 Å². The van der Waals surface area contributed by atoms with Gasteiger partial charge in [0.05, 0.1) is 11.6 Å². The third-order valence-corrected chi connectivity index (χ3v) is 1.99. The molecule has 1 heterocycles. The molecule has 1 aromatic rings. The molecule has 1 aliphatic rings. The van der Waals surface area contributed by atoms with Crippen molar-refractivity contribution in [2.75, 3.05) is 12.3 Å². The average molecular weight is 176 g/mol. The van der Waals surface area contributed by atoms with Crippen molar-refractivity contribution >= 4 is 11.6 Å². The first-order valence-corrected chi connectivity index (χ1v) is 4.33. The van der Waals surface area contributed by atoms with Gasteiger partial charge < -0.3 is 10.5 Å². The summed E-state index contributed by atoms with van der Waals surface area (Å²) in [7, 11) is 0. The largest absolute Gasteiger partial charge is 0.475 e. The molecule has 68 valence electrons. The Kier molecular flexibility index (Phi) is 1.93. The van der Waals surface area contributed by atoms with Crippen molar-refractivity contribution in [2.45, 2.75) is 13.0 Å². The molecule has 0 radical (unpaired) electrons. The molecule has 0 amide bonds. The zero-order valence-electron chi connectivity index (χ0n) is 7.53. The predicted molar refractivity (Wildman–Crippen MR) is 52.8 cm³/mol. The van der Waals surface area contributed by atoms with Crippen LogP contribution in [0.15, 0.2) is 29.3 Å². The van der Waals surface area contributed by atoms with Gasteiger partial charge in [0.25, 0.3) is 0 Å². The zero-order valence-corrected chi connectivity index (χ0v) is 7.53. The van der Waals surface area contributed by atoms with Gasteiger partial charge in [-0.1, -0.05) is 12.1 Å². The molecule has 2 rings (SSSR count). The minimum Gasteiger partial charge on any atom is -0.475 e. The third-order valence-electron chi connectivity index (χ3n) is 1.99. The molecule has 1 unspecified atom stereocenters. The van der Waals surface area contributed by atoms with Gasteiger partial charge in [0.15, 0.2) is 0 Å². The van der Waals surface area contributed by atoms with E-state index >= 15 is 0 Å². The number of benzene rings is 1. The monoisotopic (exact) mass is 176 g/mol. The van der Waals surface area contributed by atoms with Crippen molar-refractivity contribution in [2.24, 2.45) is 4.99 Å². The number of nitrogen functional groups attached to an aromatic ring is 1. The minimum atomic E-state index is 0.245. The number of aliphatic imine (C=N–C) groups is 1. The number of hydrogen-bond donors (Lipinski definition) is 1. The predicted octanol–water partition coefficient (Wildman–Crippen LogP) is 1.43. The summed E-state index contributed by atoms with van der Waals surface area (Å²) in [6.07, 6.45) is 0. The topological polar surface area (TPSA) is 47.6 Å². The van der Waals surface area contributed by atoms with Crippen LogP contribution in [0, 0.1) is 0 Å². The summed E-state index contributed by atoms with van der Waals surface area (Å²) < 4.78 is 5.40. The van der Waals surface area contributed by atoms with Crippen LogP contribution in [0.4, 0.5) is 5.69 Å². The van der Waals surface area contributed by atoms with Crippen molar-refractivity contribution in [1.82, 2.24) is 0 Å². The lowest BCUT2D eigenvalue weighted by molar-refractivity contribution is 0.324. The average Bonchev–Trinajstić information content (AvgIpc) is 2.53. The van der Waals surface area contributed by atoms with Crippen molar-refractivity contribution in [3.8, 4) is 0 Å². The second-order valence-electron chi connectivity index (χ2n) is 3.18. The summed E-state index contributed by atoms with van der Waals surface area (Å²) in [5, 5.41) is 0. The molecule has 1 atom stereocenters. The standard InChI is InChI=1S/C10H12N2O/c1-7-6-13-10(12-7)8-4-2-3-5-9(8)11/h2-5,7H,6,11H2,1H3. The first-order chi connectivity index (χ1) is 6.27. The normalized spacial score (nSPS) is 21.0. The minimum absolute atomic E-state index is 0.245. The molecular weight excluding hydrogens is 164 g/mol. The molecule has 0 saturated heterocycles. The summed E-state index contributed by atoms with van der Waals surface area (Å²) in [6.45, 7) is 2.68. The van der Waals surface area contributed by atoms with Gasteiger partial charge >= 0.3 is 0 Å². The summed E-state index contributed by atoms with van der Waals surface area (Å²) in [5.74, 6) is 0.672. The van der Waals surface area contributed by atoms with E-state index in [2.05, 4.69) is 4.99 Å². The SMILES string of the molecule is CC1COC(c2ccccc2N)=N1. The Balaban J connectivity index is 2.36. The first kappa shape index (κ1) is 8.10. The van der Waals surface area contributed by atoms with Gasteiger partial charge in [-0.05, 0) is 19.1 Å². The molecule has 0 spiro atoms. The van der Waals surface area contributed by atoms with Crippen LogP contribution in [0.2, 0.25) is 0 Å². The molecular formula is C10H12N2O. The van der Waals surface area contributed by atoms with Crippen LogP contribution in [0.25, 0.3) is 0 Å². The zero-order chi connectivity index (χ0) is 9.26. The highest BCUT2D eigenvalue weighted by atomic mass is 16.5. The number of rotatable bonds is 1. The smallest absolute Gasteiger partial charge is 0.218 e. The van der Waals surface area contributed by atoms with Gasteiger partial charge in [-0.3, -0.25) is 0 Å². The Labute approximate surface area is 77.2 Å². The van der Waals surface area contributed by atoms with Crippen molar-refractivity contribution < 1.29 is 4.74 Å². The Hall–Kier alpha value is -1.51. The van der Waals surface area contributed by atoms with Crippen LogP contribution in [-0.2, 0) is 4.74 Å². The van der Waals surface area contributed by atoms with E-state index in [-0.39, 0.29) is 6.04 Å². The molecule has 1 aromatic carbocycles. The number of nitrogens with zero attached hydrogens (tertiary/aromatic N) is 1. The number of nitrogens with two attached hydrogens (primary N) is 1. The van der Waals surface area contributed by atoms with Crippen LogP contribution in [0.5, 0.6) is 0 Å². The lowest BCUT2D eigenvalue weighted by Crippen LogP contribution is -2.04. The molecule has 2 N–H and O–H groups in total. The lowest BCUT2D eigenvalue weighted by Gasteiger charge is -2.03. The van der Waals surface area contributed by atoms with E-state index in [4.69, 9.17) is 10.5 Å². The Morgan fingerprint density at radius 3 is 2.85 bits per heavy atom. The van der Waals surface area contributed by atoms with Crippen LogP contribution < -0.4 is 5.73 Å². The summed E-state index contributed by atoms with van der Waals surface area (Å²) in [4.78, 5) is 4.33. The van der Waals surface area contributed by atoms with E-state index in [1.165, 1.54) is 0 Å². The summed E-state index contributed by atoms with van der Waals surface area (Å²) in [5.41, 5.74) is 7.40. The molecule has 3 heteroatoms. The summed E-state index contributed by atoms with van der Waals surface area (Å²) >= 11 is 0. The number of hydrogen-bond acceptors (Lipinski definition) is 3. The molecule has 0 saturated carbocycles. The van der Waals surface area contributed by atoms with E-state index in [0.29, 0.717) is 12.5 Å². The van der Waals surface area contributed by atoms with Crippen molar-refractivity contribution in [3.05, 3.63) is 29.8 Å². The molecule has 0 fully saturated rings. The van der Waals surface area contributed by atoms with Gasteiger partial charge in [-0.15, -0.1) is 0 Å². The Morgan fingerprint density at radius 1 is 1.46 bits per heavy atom. The molecule has 0 aliphatic carbocycles. The van der Waals surface area contributed by atoms with Crippen molar-refractivity contribution in [3.63, 3.8) is 0 Å². The van der Waals surface area contributed by atoms with Gasteiger partial charge in [0.1, 0.15) is 6.61 Å². The fraction of sp³-hybridized carbons (Fsp3) is 0.300. The van der Waals surface area contributed by atoms with E-state index in [1.807, 2.05) is 31.2 Å². The highest BCUT2D eigenvalue weighted by Crippen LogP contribution is 2.17. The molecule has 3 nitrogen and oxygen atoms in total. The number of anilines is 1. The Morgan fingerprint density at radius 2 is 2.23 bits per heavy atom.